The van der Waals surface area contributed by atoms with Gasteiger partial charge >= 0.3 is 0 Å². The minimum atomic E-state index is 0.229. The molecule has 0 aromatic carbocycles. The van der Waals surface area contributed by atoms with Gasteiger partial charge in [0.1, 0.15) is 0 Å². The van der Waals surface area contributed by atoms with Crippen molar-refractivity contribution in [3.05, 3.63) is 0 Å². The van der Waals surface area contributed by atoms with Crippen molar-refractivity contribution in [2.24, 2.45) is 5.92 Å². The lowest BCUT2D eigenvalue weighted by molar-refractivity contribution is -0.121. The van der Waals surface area contributed by atoms with E-state index in [9.17, 15) is 4.79 Å². The van der Waals surface area contributed by atoms with Crippen molar-refractivity contribution in [1.82, 2.24) is 5.32 Å². The smallest absolute Gasteiger partial charge is 0.220 e. The first-order valence-electron chi connectivity index (χ1n) is 6.51. The second-order valence-electron chi connectivity index (χ2n) is 4.32. The van der Waals surface area contributed by atoms with Gasteiger partial charge in [-0.05, 0) is 18.8 Å². The van der Waals surface area contributed by atoms with Crippen LogP contribution in [0.15, 0.2) is 0 Å². The normalized spacial score (nSPS) is 12.5. The summed E-state index contributed by atoms with van der Waals surface area (Å²) in [5, 5.41) is 3.04. The molecule has 2 heteroatoms. The highest BCUT2D eigenvalue weighted by molar-refractivity contribution is 5.75. The Labute approximate surface area is 94.8 Å². The van der Waals surface area contributed by atoms with Crippen LogP contribution in [0.5, 0.6) is 0 Å². The number of hydrogen-bond donors (Lipinski definition) is 1. The number of carbonyl (C=O) groups is 1. The maximum atomic E-state index is 11.4. The van der Waals surface area contributed by atoms with Crippen LogP contribution in [-0.4, -0.2) is 12.5 Å². The van der Waals surface area contributed by atoms with Crippen molar-refractivity contribution >= 4 is 5.91 Å². The molecule has 0 aromatic rings. The van der Waals surface area contributed by atoms with Gasteiger partial charge in [-0.2, -0.15) is 0 Å². The van der Waals surface area contributed by atoms with Crippen LogP contribution < -0.4 is 5.32 Å². The summed E-state index contributed by atoms with van der Waals surface area (Å²) in [5.41, 5.74) is 0. The fourth-order valence-electron chi connectivity index (χ4n) is 1.63. The molecule has 0 aliphatic heterocycles. The van der Waals surface area contributed by atoms with Gasteiger partial charge in [0, 0.05) is 13.0 Å². The van der Waals surface area contributed by atoms with Crippen LogP contribution in [0.4, 0.5) is 0 Å². The Hall–Kier alpha value is -0.530. The summed E-state index contributed by atoms with van der Waals surface area (Å²) in [4.78, 5) is 11.4. The quantitative estimate of drug-likeness (QED) is 0.624. The van der Waals surface area contributed by atoms with Gasteiger partial charge in [-0.25, -0.2) is 0 Å². The van der Waals surface area contributed by atoms with E-state index < -0.39 is 0 Å². The average Bonchev–Trinajstić information content (AvgIpc) is 2.26. The molecule has 0 saturated carbocycles. The molecule has 15 heavy (non-hydrogen) atoms. The lowest BCUT2D eigenvalue weighted by Gasteiger charge is -2.15. The monoisotopic (exact) mass is 213 g/mol. The summed E-state index contributed by atoms with van der Waals surface area (Å²) < 4.78 is 0. The first-order valence-corrected chi connectivity index (χ1v) is 6.51. The fraction of sp³-hybridized carbons (Fsp3) is 0.923. The van der Waals surface area contributed by atoms with Crippen LogP contribution in [0.2, 0.25) is 0 Å². The minimum Gasteiger partial charge on any atom is -0.356 e. The van der Waals surface area contributed by atoms with Crippen molar-refractivity contribution in [2.45, 2.75) is 65.7 Å². The SMILES string of the molecule is CCCCC(=O)NC[C@@H](CC)CCCC. The second-order valence-corrected chi connectivity index (χ2v) is 4.32. The largest absolute Gasteiger partial charge is 0.356 e. The van der Waals surface area contributed by atoms with Crippen LogP contribution in [0.25, 0.3) is 0 Å². The number of nitrogens with one attached hydrogen (secondary N) is 1. The highest BCUT2D eigenvalue weighted by atomic mass is 16.1. The van der Waals surface area contributed by atoms with Gasteiger partial charge in [-0.1, -0.05) is 46.5 Å². The van der Waals surface area contributed by atoms with Crippen LogP contribution in [0.1, 0.15) is 65.7 Å². The molecule has 1 atom stereocenters. The predicted octanol–water partition coefficient (Wildman–Crippen LogP) is 3.51. The molecule has 0 unspecified atom stereocenters. The van der Waals surface area contributed by atoms with E-state index in [1.54, 1.807) is 0 Å². The molecule has 1 amide bonds. The standard InChI is InChI=1S/C13H27NO/c1-4-7-9-12(6-3)11-14-13(15)10-8-5-2/h12H,4-11H2,1-3H3,(H,14,15)/t12-/m0/s1. The number of hydrogen-bond acceptors (Lipinski definition) is 1. The number of amides is 1. The van der Waals surface area contributed by atoms with Gasteiger partial charge in [-0.15, -0.1) is 0 Å². The summed E-state index contributed by atoms with van der Waals surface area (Å²) in [5.74, 6) is 0.905. The van der Waals surface area contributed by atoms with Crippen molar-refractivity contribution in [3.8, 4) is 0 Å². The third-order valence-electron chi connectivity index (χ3n) is 2.89. The molecule has 90 valence electrons. The molecular formula is C13H27NO. The Balaban J connectivity index is 3.55. The van der Waals surface area contributed by atoms with E-state index in [0.717, 1.165) is 19.4 Å². The molecule has 0 spiro atoms. The van der Waals surface area contributed by atoms with Crippen molar-refractivity contribution in [3.63, 3.8) is 0 Å². The number of carbonyl (C=O) groups excluding carboxylic acids is 1. The van der Waals surface area contributed by atoms with Crippen molar-refractivity contribution in [1.29, 1.82) is 0 Å². The molecule has 0 aromatic heterocycles. The number of rotatable bonds is 9. The zero-order valence-electron chi connectivity index (χ0n) is 10.6. The molecule has 0 rings (SSSR count). The average molecular weight is 213 g/mol. The van der Waals surface area contributed by atoms with E-state index in [1.165, 1.54) is 25.7 Å². The zero-order valence-corrected chi connectivity index (χ0v) is 10.6. The molecule has 0 heterocycles. The predicted molar refractivity (Wildman–Crippen MR) is 65.8 cm³/mol. The van der Waals surface area contributed by atoms with E-state index in [4.69, 9.17) is 0 Å². The third kappa shape index (κ3) is 8.46. The van der Waals surface area contributed by atoms with Crippen LogP contribution in [0.3, 0.4) is 0 Å². The van der Waals surface area contributed by atoms with Crippen LogP contribution >= 0.6 is 0 Å². The fourth-order valence-corrected chi connectivity index (χ4v) is 1.63. The van der Waals surface area contributed by atoms with Gasteiger partial charge in [0.15, 0.2) is 0 Å². The Bertz CT molecular complexity index is 157. The van der Waals surface area contributed by atoms with E-state index in [-0.39, 0.29) is 5.91 Å². The van der Waals surface area contributed by atoms with Gasteiger partial charge in [0.2, 0.25) is 5.91 Å². The van der Waals surface area contributed by atoms with E-state index in [0.29, 0.717) is 12.3 Å². The Morgan fingerprint density at radius 3 is 2.33 bits per heavy atom. The van der Waals surface area contributed by atoms with Crippen molar-refractivity contribution < 1.29 is 4.79 Å². The highest BCUT2D eigenvalue weighted by Gasteiger charge is 2.07. The number of unbranched alkanes of at least 4 members (excludes halogenated alkanes) is 2. The van der Waals surface area contributed by atoms with E-state index in [1.807, 2.05) is 0 Å². The highest BCUT2D eigenvalue weighted by Crippen LogP contribution is 2.11. The summed E-state index contributed by atoms with van der Waals surface area (Å²) >= 11 is 0. The summed E-state index contributed by atoms with van der Waals surface area (Å²) in [6, 6.07) is 0. The van der Waals surface area contributed by atoms with Gasteiger partial charge in [-0.3, -0.25) is 4.79 Å². The van der Waals surface area contributed by atoms with Gasteiger partial charge < -0.3 is 5.32 Å². The van der Waals surface area contributed by atoms with Crippen LogP contribution in [0, 0.1) is 5.92 Å². The summed E-state index contributed by atoms with van der Waals surface area (Å²) in [6.45, 7) is 7.41. The molecule has 2 nitrogen and oxygen atoms in total. The lowest BCUT2D eigenvalue weighted by atomic mass is 9.99. The third-order valence-corrected chi connectivity index (χ3v) is 2.89. The van der Waals surface area contributed by atoms with Gasteiger partial charge in [0.25, 0.3) is 0 Å². The Morgan fingerprint density at radius 2 is 1.80 bits per heavy atom. The maximum Gasteiger partial charge on any atom is 0.220 e. The molecular weight excluding hydrogens is 186 g/mol. The first kappa shape index (κ1) is 14.5. The summed E-state index contributed by atoms with van der Waals surface area (Å²) in [7, 11) is 0. The molecule has 0 fully saturated rings. The zero-order chi connectivity index (χ0) is 11.5. The molecule has 0 aliphatic rings. The first-order chi connectivity index (χ1) is 7.24. The minimum absolute atomic E-state index is 0.229. The molecule has 0 bridgehead atoms. The Morgan fingerprint density at radius 1 is 1.13 bits per heavy atom. The van der Waals surface area contributed by atoms with Crippen molar-refractivity contribution in [2.75, 3.05) is 6.54 Å². The van der Waals surface area contributed by atoms with E-state index in [2.05, 4.69) is 26.1 Å². The van der Waals surface area contributed by atoms with Crippen LogP contribution in [-0.2, 0) is 4.79 Å². The van der Waals surface area contributed by atoms with Gasteiger partial charge in [0.05, 0.1) is 0 Å². The van der Waals surface area contributed by atoms with E-state index >= 15 is 0 Å². The second kappa shape index (κ2) is 10.0. The molecule has 0 radical (unpaired) electrons. The topological polar surface area (TPSA) is 29.1 Å². The maximum absolute atomic E-state index is 11.4. The molecule has 0 aliphatic carbocycles. The summed E-state index contributed by atoms with van der Waals surface area (Å²) in [6.07, 6.45) is 7.76. The lowest BCUT2D eigenvalue weighted by Crippen LogP contribution is -2.28. The Kier molecular flexibility index (Phi) is 9.65. The molecule has 1 N–H and O–H groups in total. The molecule has 0 saturated heterocycles.